The summed E-state index contributed by atoms with van der Waals surface area (Å²) in [6.07, 6.45) is 6.76. The van der Waals surface area contributed by atoms with Gasteiger partial charge in [0.1, 0.15) is 0 Å². The summed E-state index contributed by atoms with van der Waals surface area (Å²) in [5.41, 5.74) is 0. The number of nitrogens with one attached hydrogen (secondary N) is 1. The quantitative estimate of drug-likeness (QED) is 0.766. The molecule has 2 saturated heterocycles. The van der Waals surface area contributed by atoms with Gasteiger partial charge in [0.25, 0.3) is 0 Å². The van der Waals surface area contributed by atoms with Crippen LogP contribution in [0, 0.1) is 0 Å². The fourth-order valence-corrected chi connectivity index (χ4v) is 2.74. The van der Waals surface area contributed by atoms with Crippen LogP contribution in [0.15, 0.2) is 0 Å². The Bertz CT molecular complexity index is 224. The maximum atomic E-state index is 11.7. The minimum Gasteiger partial charge on any atom is -0.340 e. The van der Waals surface area contributed by atoms with Gasteiger partial charge in [-0.15, -0.1) is 0 Å². The minimum absolute atomic E-state index is 0.367. The summed E-state index contributed by atoms with van der Waals surface area (Å²) in [6.45, 7) is 4.30. The van der Waals surface area contributed by atoms with Crippen LogP contribution in [0.25, 0.3) is 0 Å². The second-order valence-corrected chi connectivity index (χ2v) is 4.91. The fourth-order valence-electron chi connectivity index (χ4n) is 2.74. The number of piperidine rings is 1. The first kappa shape index (κ1) is 10.9. The van der Waals surface area contributed by atoms with Crippen LogP contribution >= 0.6 is 0 Å². The number of hydrogen-bond donors (Lipinski definition) is 1. The molecule has 3 nitrogen and oxygen atoms in total. The van der Waals surface area contributed by atoms with E-state index in [2.05, 4.69) is 17.1 Å². The van der Waals surface area contributed by atoms with Gasteiger partial charge in [0.2, 0.25) is 5.91 Å². The lowest BCUT2D eigenvalue weighted by atomic mass is 10.0. The number of likely N-dealkylation sites (tertiary alicyclic amines) is 1. The average molecular weight is 210 g/mol. The lowest BCUT2D eigenvalue weighted by Gasteiger charge is -2.34. The molecule has 1 amide bonds. The van der Waals surface area contributed by atoms with Gasteiger partial charge in [-0.2, -0.15) is 0 Å². The molecule has 2 atom stereocenters. The van der Waals surface area contributed by atoms with E-state index >= 15 is 0 Å². The molecule has 2 fully saturated rings. The molecule has 1 N–H and O–H groups in total. The van der Waals surface area contributed by atoms with Gasteiger partial charge in [0, 0.05) is 25.0 Å². The molecular weight excluding hydrogens is 188 g/mol. The summed E-state index contributed by atoms with van der Waals surface area (Å²) >= 11 is 0. The van der Waals surface area contributed by atoms with E-state index < -0.39 is 0 Å². The van der Waals surface area contributed by atoms with E-state index in [1.807, 2.05) is 0 Å². The molecule has 86 valence electrons. The third-order valence-corrected chi connectivity index (χ3v) is 3.75. The van der Waals surface area contributed by atoms with Crippen LogP contribution < -0.4 is 5.32 Å². The first-order valence-electron chi connectivity index (χ1n) is 6.30. The molecule has 0 spiro atoms. The SMILES string of the molecule is CC1CCCC(=O)N1CCC1CCCN1. The molecule has 0 aromatic rings. The van der Waals surface area contributed by atoms with Crippen LogP contribution in [0.2, 0.25) is 0 Å². The molecule has 0 bridgehead atoms. The summed E-state index contributed by atoms with van der Waals surface area (Å²) in [7, 11) is 0. The molecule has 0 aromatic carbocycles. The highest BCUT2D eigenvalue weighted by molar-refractivity contribution is 5.77. The van der Waals surface area contributed by atoms with Crippen LogP contribution in [-0.2, 0) is 4.79 Å². The standard InChI is InChI=1S/C12H22N2O/c1-10-4-2-6-12(15)14(10)9-7-11-5-3-8-13-11/h10-11,13H,2-9H2,1H3. The monoisotopic (exact) mass is 210 g/mol. The summed E-state index contributed by atoms with van der Waals surface area (Å²) in [4.78, 5) is 13.8. The Hall–Kier alpha value is -0.570. The molecule has 2 aliphatic heterocycles. The first-order valence-corrected chi connectivity index (χ1v) is 6.30. The molecule has 0 aliphatic carbocycles. The van der Waals surface area contributed by atoms with E-state index in [0.29, 0.717) is 18.0 Å². The van der Waals surface area contributed by atoms with Gasteiger partial charge in [-0.3, -0.25) is 4.79 Å². The van der Waals surface area contributed by atoms with Crippen molar-refractivity contribution in [2.75, 3.05) is 13.1 Å². The van der Waals surface area contributed by atoms with Gasteiger partial charge in [-0.1, -0.05) is 0 Å². The third kappa shape index (κ3) is 2.71. The van der Waals surface area contributed by atoms with Gasteiger partial charge < -0.3 is 10.2 Å². The summed E-state index contributed by atoms with van der Waals surface area (Å²) in [6, 6.07) is 1.12. The molecule has 0 radical (unpaired) electrons. The van der Waals surface area contributed by atoms with Gasteiger partial charge in [0.05, 0.1) is 0 Å². The zero-order valence-electron chi connectivity index (χ0n) is 9.67. The summed E-state index contributed by atoms with van der Waals surface area (Å²) < 4.78 is 0. The Morgan fingerprint density at radius 2 is 2.27 bits per heavy atom. The van der Waals surface area contributed by atoms with E-state index in [1.165, 1.54) is 19.3 Å². The van der Waals surface area contributed by atoms with Crippen molar-refractivity contribution in [2.24, 2.45) is 0 Å². The number of carbonyl (C=O) groups is 1. The lowest BCUT2D eigenvalue weighted by molar-refractivity contribution is -0.136. The lowest BCUT2D eigenvalue weighted by Crippen LogP contribution is -2.43. The maximum absolute atomic E-state index is 11.7. The predicted octanol–water partition coefficient (Wildman–Crippen LogP) is 1.53. The van der Waals surface area contributed by atoms with Crippen molar-refractivity contribution in [2.45, 2.75) is 57.5 Å². The minimum atomic E-state index is 0.367. The Balaban J connectivity index is 1.78. The average Bonchev–Trinajstić information content (AvgIpc) is 2.70. The van der Waals surface area contributed by atoms with Gasteiger partial charge in [-0.05, 0) is 45.6 Å². The van der Waals surface area contributed by atoms with E-state index in [4.69, 9.17) is 0 Å². The van der Waals surface area contributed by atoms with E-state index in [-0.39, 0.29) is 0 Å². The van der Waals surface area contributed by atoms with Crippen molar-refractivity contribution in [1.29, 1.82) is 0 Å². The summed E-state index contributed by atoms with van der Waals surface area (Å²) in [5.74, 6) is 0.367. The smallest absolute Gasteiger partial charge is 0.222 e. The fraction of sp³-hybridized carbons (Fsp3) is 0.917. The second kappa shape index (κ2) is 4.97. The Morgan fingerprint density at radius 3 is 2.93 bits per heavy atom. The maximum Gasteiger partial charge on any atom is 0.222 e. The predicted molar refractivity (Wildman–Crippen MR) is 60.7 cm³/mol. The van der Waals surface area contributed by atoms with E-state index in [9.17, 15) is 4.79 Å². The number of hydrogen-bond acceptors (Lipinski definition) is 2. The highest BCUT2D eigenvalue weighted by Crippen LogP contribution is 2.19. The molecule has 15 heavy (non-hydrogen) atoms. The van der Waals surface area contributed by atoms with E-state index in [0.717, 1.165) is 32.4 Å². The van der Waals surface area contributed by atoms with Crippen molar-refractivity contribution < 1.29 is 4.79 Å². The first-order chi connectivity index (χ1) is 7.27. The summed E-state index contributed by atoms with van der Waals surface area (Å²) in [5, 5.41) is 3.49. The molecule has 2 aliphatic rings. The van der Waals surface area contributed by atoms with Gasteiger partial charge in [0.15, 0.2) is 0 Å². The largest absolute Gasteiger partial charge is 0.340 e. The zero-order chi connectivity index (χ0) is 10.7. The van der Waals surface area contributed by atoms with Crippen LogP contribution in [0.5, 0.6) is 0 Å². The van der Waals surface area contributed by atoms with Crippen molar-refractivity contribution in [3.63, 3.8) is 0 Å². The number of nitrogens with zero attached hydrogens (tertiary/aromatic N) is 1. The highest BCUT2D eigenvalue weighted by atomic mass is 16.2. The number of carbonyl (C=O) groups excluding carboxylic acids is 1. The van der Waals surface area contributed by atoms with Crippen LogP contribution in [0.4, 0.5) is 0 Å². The van der Waals surface area contributed by atoms with E-state index in [1.54, 1.807) is 0 Å². The molecule has 2 unspecified atom stereocenters. The number of rotatable bonds is 3. The van der Waals surface area contributed by atoms with Crippen molar-refractivity contribution >= 4 is 5.91 Å². The van der Waals surface area contributed by atoms with Gasteiger partial charge >= 0.3 is 0 Å². The van der Waals surface area contributed by atoms with Crippen LogP contribution in [0.3, 0.4) is 0 Å². The van der Waals surface area contributed by atoms with Gasteiger partial charge in [-0.25, -0.2) is 0 Å². The third-order valence-electron chi connectivity index (χ3n) is 3.75. The van der Waals surface area contributed by atoms with Crippen molar-refractivity contribution in [3.8, 4) is 0 Å². The van der Waals surface area contributed by atoms with Crippen molar-refractivity contribution in [3.05, 3.63) is 0 Å². The molecule has 2 rings (SSSR count). The zero-order valence-corrected chi connectivity index (χ0v) is 9.67. The Kier molecular flexibility index (Phi) is 3.62. The molecule has 0 aromatic heterocycles. The second-order valence-electron chi connectivity index (χ2n) is 4.91. The van der Waals surface area contributed by atoms with Crippen LogP contribution in [0.1, 0.15) is 45.4 Å². The molecule has 0 saturated carbocycles. The van der Waals surface area contributed by atoms with Crippen LogP contribution in [-0.4, -0.2) is 36.0 Å². The topological polar surface area (TPSA) is 32.3 Å². The van der Waals surface area contributed by atoms with Crippen molar-refractivity contribution in [1.82, 2.24) is 10.2 Å². The molecular formula is C12H22N2O. The molecule has 3 heteroatoms. The number of amides is 1. The highest BCUT2D eigenvalue weighted by Gasteiger charge is 2.25. The Morgan fingerprint density at radius 1 is 1.40 bits per heavy atom. The normalized spacial score (nSPS) is 32.3. The Labute approximate surface area is 92.2 Å². The molecule has 2 heterocycles.